The van der Waals surface area contributed by atoms with Crippen LogP contribution in [0.1, 0.15) is 21.7 Å². The van der Waals surface area contributed by atoms with Crippen LogP contribution in [0.3, 0.4) is 0 Å². The topological polar surface area (TPSA) is 93.9 Å². The molecule has 36 heavy (non-hydrogen) atoms. The molecule has 1 N–H and O–H groups in total. The summed E-state index contributed by atoms with van der Waals surface area (Å²) in [6, 6.07) is 18.3. The fourth-order valence-electron chi connectivity index (χ4n) is 4.22. The molecule has 0 bridgehead atoms. The second-order valence-corrected chi connectivity index (χ2v) is 11.1. The highest BCUT2D eigenvalue weighted by atomic mass is 35.5. The third kappa shape index (κ3) is 4.45. The lowest BCUT2D eigenvalue weighted by atomic mass is 10.1. The number of fused-ring (bicyclic) bond motifs is 2. The molecule has 0 atom stereocenters. The van der Waals surface area contributed by atoms with Crippen LogP contribution in [-0.2, 0) is 23.4 Å². The molecule has 0 radical (unpaired) electrons. The quantitative estimate of drug-likeness (QED) is 0.350. The molecule has 182 valence electrons. The number of halogens is 1. The summed E-state index contributed by atoms with van der Waals surface area (Å²) in [5.41, 5.74) is 5.82. The fourth-order valence-corrected chi connectivity index (χ4v) is 5.52. The third-order valence-corrected chi connectivity index (χ3v) is 7.83. The summed E-state index contributed by atoms with van der Waals surface area (Å²) in [5.74, 6) is -0.425. The molecule has 0 spiro atoms. The second kappa shape index (κ2) is 9.04. The van der Waals surface area contributed by atoms with Gasteiger partial charge in [-0.2, -0.15) is 0 Å². The van der Waals surface area contributed by atoms with Crippen molar-refractivity contribution in [3.63, 3.8) is 0 Å². The van der Waals surface area contributed by atoms with E-state index in [9.17, 15) is 13.2 Å². The summed E-state index contributed by atoms with van der Waals surface area (Å²) in [7, 11) is -1.51. The molecule has 3 aromatic heterocycles. The van der Waals surface area contributed by atoms with Crippen molar-refractivity contribution in [2.24, 2.45) is 7.05 Å². The zero-order chi connectivity index (χ0) is 25.6. The third-order valence-electron chi connectivity index (χ3n) is 6.26. The van der Waals surface area contributed by atoms with E-state index in [-0.39, 0.29) is 22.0 Å². The van der Waals surface area contributed by atoms with E-state index in [0.29, 0.717) is 5.69 Å². The fraction of sp³-hybridized carbons (Fsp3) is 0.148. The van der Waals surface area contributed by atoms with Gasteiger partial charge < -0.3 is 9.88 Å². The van der Waals surface area contributed by atoms with Crippen molar-refractivity contribution in [3.8, 4) is 11.3 Å². The molecule has 0 saturated carbocycles. The Morgan fingerprint density at radius 1 is 1.08 bits per heavy atom. The first-order valence-corrected chi connectivity index (χ1v) is 13.5. The molecule has 5 aromatic rings. The Labute approximate surface area is 213 Å². The first-order valence-electron chi connectivity index (χ1n) is 11.2. The number of nitrogens with one attached hydrogen (secondary N) is 1. The summed E-state index contributed by atoms with van der Waals surface area (Å²) >= 11 is 5.98. The Balaban J connectivity index is 1.42. The van der Waals surface area contributed by atoms with Gasteiger partial charge in [0.05, 0.1) is 33.4 Å². The summed E-state index contributed by atoms with van der Waals surface area (Å²) < 4.78 is 26.0. The Morgan fingerprint density at radius 2 is 1.89 bits per heavy atom. The van der Waals surface area contributed by atoms with E-state index >= 15 is 0 Å². The van der Waals surface area contributed by atoms with Crippen molar-refractivity contribution in [2.75, 3.05) is 6.26 Å². The zero-order valence-electron chi connectivity index (χ0n) is 19.9. The molecular formula is C27H23ClN4O3S. The van der Waals surface area contributed by atoms with Crippen LogP contribution in [0.15, 0.2) is 71.8 Å². The van der Waals surface area contributed by atoms with E-state index in [4.69, 9.17) is 16.6 Å². The van der Waals surface area contributed by atoms with Crippen molar-refractivity contribution < 1.29 is 13.2 Å². The number of hydrogen-bond acceptors (Lipinski definition) is 5. The number of hydrogen-bond donors (Lipinski definition) is 1. The van der Waals surface area contributed by atoms with Crippen LogP contribution in [0.2, 0.25) is 5.02 Å². The number of sulfone groups is 1. The van der Waals surface area contributed by atoms with Gasteiger partial charge in [-0.05, 0) is 55.5 Å². The van der Waals surface area contributed by atoms with Crippen molar-refractivity contribution in [1.82, 2.24) is 19.9 Å². The largest absolute Gasteiger partial charge is 0.348 e. The molecule has 0 aliphatic heterocycles. The molecule has 0 aliphatic carbocycles. The van der Waals surface area contributed by atoms with E-state index in [1.54, 1.807) is 6.20 Å². The standard InChI is InChI=1S/C27H23ClN4O3S/c1-16-11-21-20(5-4-6-25(21)32(16)2)23-10-8-18-14-29-19(13-24(18)31-23)15-30-27(33)17-7-9-22(28)26(12-17)36(3,34)35/h4-14H,15H2,1-3H3,(H,30,33). The van der Waals surface area contributed by atoms with Gasteiger partial charge in [0.1, 0.15) is 0 Å². The molecule has 0 fully saturated rings. The average Bonchev–Trinajstić information content (AvgIpc) is 3.15. The number of aromatic nitrogens is 3. The van der Waals surface area contributed by atoms with Crippen LogP contribution >= 0.6 is 11.6 Å². The molecule has 2 aromatic carbocycles. The maximum Gasteiger partial charge on any atom is 0.251 e. The van der Waals surface area contributed by atoms with Crippen molar-refractivity contribution in [1.29, 1.82) is 0 Å². The Morgan fingerprint density at radius 3 is 2.67 bits per heavy atom. The van der Waals surface area contributed by atoms with Crippen LogP contribution in [-0.4, -0.2) is 35.1 Å². The summed E-state index contributed by atoms with van der Waals surface area (Å²) in [4.78, 5) is 21.9. The molecule has 3 heterocycles. The van der Waals surface area contributed by atoms with Gasteiger partial charge in [-0.15, -0.1) is 0 Å². The predicted octanol–water partition coefficient (Wildman–Crippen LogP) is 5.08. The van der Waals surface area contributed by atoms with E-state index < -0.39 is 15.7 Å². The lowest BCUT2D eigenvalue weighted by Gasteiger charge is -2.09. The van der Waals surface area contributed by atoms with Gasteiger partial charge in [0.2, 0.25) is 0 Å². The monoisotopic (exact) mass is 518 g/mol. The SMILES string of the molecule is Cc1cc2c(-c3ccc4cnc(CNC(=O)c5ccc(Cl)c(S(C)(=O)=O)c5)cc4n3)cccc2n1C. The summed E-state index contributed by atoms with van der Waals surface area (Å²) in [5, 5.41) is 4.90. The first kappa shape index (κ1) is 24.0. The number of carbonyl (C=O) groups excluding carboxylic acids is 1. The maximum absolute atomic E-state index is 12.7. The smallest absolute Gasteiger partial charge is 0.251 e. The minimum atomic E-state index is -3.56. The molecule has 5 rings (SSSR count). The number of benzene rings is 2. The zero-order valence-corrected chi connectivity index (χ0v) is 21.5. The van der Waals surface area contributed by atoms with E-state index in [1.165, 1.54) is 23.9 Å². The summed E-state index contributed by atoms with van der Waals surface area (Å²) in [6.07, 6.45) is 2.78. The highest BCUT2D eigenvalue weighted by Gasteiger charge is 2.16. The first-order chi connectivity index (χ1) is 17.1. The van der Waals surface area contributed by atoms with Crippen LogP contribution in [0.4, 0.5) is 0 Å². The highest BCUT2D eigenvalue weighted by Crippen LogP contribution is 2.30. The van der Waals surface area contributed by atoms with Gasteiger partial charge in [0.15, 0.2) is 9.84 Å². The van der Waals surface area contributed by atoms with Gasteiger partial charge >= 0.3 is 0 Å². The molecule has 9 heteroatoms. The van der Waals surface area contributed by atoms with Crippen molar-refractivity contribution in [2.45, 2.75) is 18.4 Å². The van der Waals surface area contributed by atoms with Gasteiger partial charge in [0, 0.05) is 52.6 Å². The Bertz CT molecular complexity index is 1780. The average molecular weight is 519 g/mol. The van der Waals surface area contributed by atoms with E-state index in [1.807, 2.05) is 31.3 Å². The van der Waals surface area contributed by atoms with Crippen LogP contribution in [0.5, 0.6) is 0 Å². The Kier molecular flexibility index (Phi) is 6.02. The number of pyridine rings is 2. The highest BCUT2D eigenvalue weighted by molar-refractivity contribution is 7.90. The van der Waals surface area contributed by atoms with Crippen LogP contribution in [0, 0.1) is 6.92 Å². The number of nitrogens with zero attached hydrogens (tertiary/aromatic N) is 3. The minimum Gasteiger partial charge on any atom is -0.348 e. The molecule has 7 nitrogen and oxygen atoms in total. The van der Waals surface area contributed by atoms with Crippen LogP contribution in [0.25, 0.3) is 33.1 Å². The van der Waals surface area contributed by atoms with Gasteiger partial charge in [-0.3, -0.25) is 9.78 Å². The maximum atomic E-state index is 12.7. The number of carbonyl (C=O) groups is 1. The Hall–Kier alpha value is -3.75. The lowest BCUT2D eigenvalue weighted by Crippen LogP contribution is -2.23. The molecular weight excluding hydrogens is 496 g/mol. The van der Waals surface area contributed by atoms with Crippen molar-refractivity contribution in [3.05, 3.63) is 88.8 Å². The molecule has 0 saturated heterocycles. The van der Waals surface area contributed by atoms with Crippen molar-refractivity contribution >= 4 is 49.2 Å². The van der Waals surface area contributed by atoms with Gasteiger partial charge in [-0.1, -0.05) is 23.7 Å². The van der Waals surface area contributed by atoms with Gasteiger partial charge in [0.25, 0.3) is 5.91 Å². The molecule has 0 unspecified atom stereocenters. The lowest BCUT2D eigenvalue weighted by molar-refractivity contribution is 0.0950. The van der Waals surface area contributed by atoms with Crippen LogP contribution < -0.4 is 5.32 Å². The van der Waals surface area contributed by atoms with E-state index in [2.05, 4.69) is 40.0 Å². The minimum absolute atomic E-state index is 0.0773. The number of amides is 1. The van der Waals surface area contributed by atoms with Gasteiger partial charge in [-0.25, -0.2) is 13.4 Å². The second-order valence-electron chi connectivity index (χ2n) is 8.75. The normalized spacial score (nSPS) is 11.8. The molecule has 0 aliphatic rings. The molecule has 1 amide bonds. The summed E-state index contributed by atoms with van der Waals surface area (Å²) in [6.45, 7) is 2.24. The van der Waals surface area contributed by atoms with E-state index in [0.717, 1.165) is 39.3 Å². The number of aryl methyl sites for hydroxylation is 2. The predicted molar refractivity (Wildman–Crippen MR) is 142 cm³/mol. The number of rotatable bonds is 5.